The summed E-state index contributed by atoms with van der Waals surface area (Å²) < 4.78 is 15.0. The number of nitrogens with one attached hydrogen (secondary N) is 1. The van der Waals surface area contributed by atoms with E-state index in [1.807, 2.05) is 0 Å². The zero-order chi connectivity index (χ0) is 15.6. The van der Waals surface area contributed by atoms with Crippen LogP contribution >= 0.6 is 0 Å². The third-order valence-electron chi connectivity index (χ3n) is 3.14. The van der Waals surface area contributed by atoms with Crippen LogP contribution in [0.5, 0.6) is 0 Å². The number of amides is 1. The minimum absolute atomic E-state index is 0.0295. The van der Waals surface area contributed by atoms with Crippen LogP contribution in [0, 0.1) is 5.82 Å². The van der Waals surface area contributed by atoms with Crippen LogP contribution in [0.1, 0.15) is 39.5 Å². The number of nitrogens with zero attached hydrogens (tertiary/aromatic N) is 2. The molecule has 0 spiro atoms. The molecule has 0 radical (unpaired) electrons. The van der Waals surface area contributed by atoms with Gasteiger partial charge in [0.25, 0.3) is 5.91 Å². The SMILES string of the molecule is CNC(=O)c1cc(C(=O)O)n([C@@H](C)c2ccccc2F)n1. The highest BCUT2D eigenvalue weighted by Gasteiger charge is 2.23. The fourth-order valence-corrected chi connectivity index (χ4v) is 2.03. The van der Waals surface area contributed by atoms with Crippen LogP contribution in [0.3, 0.4) is 0 Å². The van der Waals surface area contributed by atoms with Gasteiger partial charge in [-0.3, -0.25) is 4.79 Å². The van der Waals surface area contributed by atoms with Crippen molar-refractivity contribution < 1.29 is 19.1 Å². The summed E-state index contributed by atoms with van der Waals surface area (Å²) in [5.41, 5.74) is 0.0917. The minimum Gasteiger partial charge on any atom is -0.477 e. The molecular weight excluding hydrogens is 277 g/mol. The van der Waals surface area contributed by atoms with E-state index in [0.717, 1.165) is 4.68 Å². The lowest BCUT2D eigenvalue weighted by atomic mass is 10.1. The predicted molar refractivity (Wildman–Crippen MR) is 72.8 cm³/mol. The van der Waals surface area contributed by atoms with Crippen molar-refractivity contribution in [3.05, 3.63) is 53.1 Å². The smallest absolute Gasteiger partial charge is 0.354 e. The quantitative estimate of drug-likeness (QED) is 0.897. The lowest BCUT2D eigenvalue weighted by Crippen LogP contribution is -2.20. The molecule has 21 heavy (non-hydrogen) atoms. The van der Waals surface area contributed by atoms with Gasteiger partial charge in [0, 0.05) is 18.7 Å². The Hall–Kier alpha value is -2.70. The molecular formula is C14H14FN3O3. The summed E-state index contributed by atoms with van der Waals surface area (Å²) in [6.45, 7) is 1.62. The van der Waals surface area contributed by atoms with Crippen molar-refractivity contribution in [3.63, 3.8) is 0 Å². The molecule has 1 aromatic heterocycles. The Morgan fingerprint density at radius 2 is 2.05 bits per heavy atom. The number of carboxylic acids is 1. The van der Waals surface area contributed by atoms with Gasteiger partial charge < -0.3 is 10.4 Å². The summed E-state index contributed by atoms with van der Waals surface area (Å²) in [6.07, 6.45) is 0. The molecule has 1 amide bonds. The summed E-state index contributed by atoms with van der Waals surface area (Å²) >= 11 is 0. The molecule has 6 nitrogen and oxygen atoms in total. The highest BCUT2D eigenvalue weighted by molar-refractivity contribution is 5.95. The lowest BCUT2D eigenvalue weighted by molar-refractivity contribution is 0.0681. The molecule has 0 aliphatic heterocycles. The van der Waals surface area contributed by atoms with Crippen molar-refractivity contribution in [2.75, 3.05) is 7.05 Å². The van der Waals surface area contributed by atoms with Crippen LogP contribution < -0.4 is 5.32 Å². The first-order valence-electron chi connectivity index (χ1n) is 6.25. The molecule has 0 saturated heterocycles. The normalized spacial score (nSPS) is 12.0. The molecule has 2 N–H and O–H groups in total. The highest BCUT2D eigenvalue weighted by atomic mass is 19.1. The third-order valence-corrected chi connectivity index (χ3v) is 3.14. The lowest BCUT2D eigenvalue weighted by Gasteiger charge is -2.15. The molecule has 0 saturated carbocycles. The van der Waals surface area contributed by atoms with Gasteiger partial charge in [-0.25, -0.2) is 13.9 Å². The third kappa shape index (κ3) is 2.76. The highest BCUT2D eigenvalue weighted by Crippen LogP contribution is 2.22. The van der Waals surface area contributed by atoms with E-state index in [9.17, 15) is 19.1 Å². The summed E-state index contributed by atoms with van der Waals surface area (Å²) in [6, 6.07) is 6.54. The first-order valence-corrected chi connectivity index (χ1v) is 6.25. The molecule has 2 aromatic rings. The number of hydrogen-bond acceptors (Lipinski definition) is 3. The van der Waals surface area contributed by atoms with Gasteiger partial charge in [-0.1, -0.05) is 18.2 Å². The van der Waals surface area contributed by atoms with Gasteiger partial charge in [0.05, 0.1) is 6.04 Å². The van der Waals surface area contributed by atoms with E-state index >= 15 is 0 Å². The molecule has 2 rings (SSSR count). The number of carbonyl (C=O) groups is 2. The molecule has 0 fully saturated rings. The molecule has 0 bridgehead atoms. The van der Waals surface area contributed by atoms with E-state index < -0.39 is 23.7 Å². The maximum Gasteiger partial charge on any atom is 0.354 e. The first-order chi connectivity index (χ1) is 9.95. The Labute approximate surface area is 120 Å². The van der Waals surface area contributed by atoms with Gasteiger partial charge in [-0.2, -0.15) is 5.10 Å². The fraction of sp³-hybridized carbons (Fsp3) is 0.214. The van der Waals surface area contributed by atoms with Gasteiger partial charge in [0.2, 0.25) is 0 Å². The van der Waals surface area contributed by atoms with Gasteiger partial charge in [0.1, 0.15) is 11.5 Å². The molecule has 1 heterocycles. The van der Waals surface area contributed by atoms with Crippen molar-refractivity contribution >= 4 is 11.9 Å². The van der Waals surface area contributed by atoms with Gasteiger partial charge in [-0.15, -0.1) is 0 Å². The van der Waals surface area contributed by atoms with E-state index in [1.54, 1.807) is 25.1 Å². The number of rotatable bonds is 4. The minimum atomic E-state index is -1.24. The van der Waals surface area contributed by atoms with E-state index in [4.69, 9.17) is 0 Å². The Morgan fingerprint density at radius 3 is 2.62 bits per heavy atom. The number of benzene rings is 1. The van der Waals surface area contributed by atoms with Crippen LogP contribution in [-0.2, 0) is 0 Å². The van der Waals surface area contributed by atoms with Gasteiger partial charge >= 0.3 is 5.97 Å². The number of carboxylic acid groups (broad SMARTS) is 1. The number of halogens is 1. The second-order valence-corrected chi connectivity index (χ2v) is 4.44. The summed E-state index contributed by atoms with van der Waals surface area (Å²) in [5, 5.41) is 15.6. The fourth-order valence-electron chi connectivity index (χ4n) is 2.03. The van der Waals surface area contributed by atoms with Crippen molar-refractivity contribution in [2.24, 2.45) is 0 Å². The maximum absolute atomic E-state index is 13.8. The second-order valence-electron chi connectivity index (χ2n) is 4.44. The van der Waals surface area contributed by atoms with Crippen LogP contribution in [0.2, 0.25) is 0 Å². The Balaban J connectivity index is 2.52. The van der Waals surface area contributed by atoms with Crippen LogP contribution in [-0.4, -0.2) is 33.8 Å². The molecule has 1 aromatic carbocycles. The van der Waals surface area contributed by atoms with Crippen molar-refractivity contribution in [2.45, 2.75) is 13.0 Å². The van der Waals surface area contributed by atoms with E-state index in [-0.39, 0.29) is 11.4 Å². The van der Waals surface area contributed by atoms with Crippen molar-refractivity contribution in [1.29, 1.82) is 0 Å². The number of carbonyl (C=O) groups excluding carboxylic acids is 1. The van der Waals surface area contributed by atoms with E-state index in [1.165, 1.54) is 19.2 Å². The molecule has 1 atom stereocenters. The molecule has 110 valence electrons. The zero-order valence-electron chi connectivity index (χ0n) is 11.5. The Morgan fingerprint density at radius 1 is 1.38 bits per heavy atom. The standard InChI is InChI=1S/C14H14FN3O3/c1-8(9-5-3-4-6-10(9)15)18-12(14(20)21)7-11(17-18)13(19)16-2/h3-8H,1-2H3,(H,16,19)(H,20,21)/t8-/m0/s1. The summed E-state index contributed by atoms with van der Waals surface area (Å²) in [7, 11) is 1.42. The van der Waals surface area contributed by atoms with Crippen molar-refractivity contribution in [3.8, 4) is 0 Å². The predicted octanol–water partition coefficient (Wildman–Crippen LogP) is 1.69. The van der Waals surface area contributed by atoms with Crippen molar-refractivity contribution in [1.82, 2.24) is 15.1 Å². The number of hydrogen-bond donors (Lipinski definition) is 2. The van der Waals surface area contributed by atoms with Gasteiger partial charge in [0.15, 0.2) is 5.69 Å². The average Bonchev–Trinajstić information content (AvgIpc) is 2.91. The molecule has 0 aliphatic rings. The Bertz CT molecular complexity index is 697. The maximum atomic E-state index is 13.8. The molecule has 0 unspecified atom stereocenters. The van der Waals surface area contributed by atoms with Crippen LogP contribution in [0.4, 0.5) is 4.39 Å². The largest absolute Gasteiger partial charge is 0.477 e. The molecule has 7 heteroatoms. The summed E-state index contributed by atoms with van der Waals surface area (Å²) in [4.78, 5) is 22.9. The van der Waals surface area contributed by atoms with E-state index in [0.29, 0.717) is 5.56 Å². The Kier molecular flexibility index (Phi) is 4.02. The second kappa shape index (κ2) is 5.74. The number of aromatic nitrogens is 2. The molecule has 0 aliphatic carbocycles. The van der Waals surface area contributed by atoms with Gasteiger partial charge in [-0.05, 0) is 13.0 Å². The van der Waals surface area contributed by atoms with E-state index in [2.05, 4.69) is 10.4 Å². The monoisotopic (exact) mass is 291 g/mol. The van der Waals surface area contributed by atoms with Crippen LogP contribution in [0.15, 0.2) is 30.3 Å². The number of aromatic carboxylic acids is 1. The average molecular weight is 291 g/mol. The topological polar surface area (TPSA) is 84.2 Å². The zero-order valence-corrected chi connectivity index (χ0v) is 11.5. The summed E-state index contributed by atoms with van der Waals surface area (Å²) in [5.74, 6) is -2.20. The van der Waals surface area contributed by atoms with Crippen LogP contribution in [0.25, 0.3) is 0 Å². The first kappa shape index (κ1) is 14.7.